The van der Waals surface area contributed by atoms with Crippen LogP contribution in [0.25, 0.3) is 0 Å². The minimum absolute atomic E-state index is 0.649. The predicted molar refractivity (Wildman–Crippen MR) is 56.3 cm³/mol. The molecule has 2 heterocycles. The molecule has 0 amide bonds. The summed E-state index contributed by atoms with van der Waals surface area (Å²) in [6.07, 6.45) is 6.28. The Morgan fingerprint density at radius 3 is 2.38 bits per heavy atom. The molecule has 13 heavy (non-hydrogen) atoms. The van der Waals surface area contributed by atoms with E-state index in [4.69, 9.17) is 0 Å². The molecule has 0 bridgehead atoms. The van der Waals surface area contributed by atoms with Crippen LogP contribution in [0.2, 0.25) is 0 Å². The minimum atomic E-state index is 0.649. The molecular weight excluding hydrogens is 279 g/mol. The maximum absolute atomic E-state index is 3.83. The van der Waals surface area contributed by atoms with Crippen LogP contribution < -0.4 is 0 Å². The van der Waals surface area contributed by atoms with E-state index in [1.165, 1.54) is 25.9 Å². The second kappa shape index (κ2) is 2.66. The van der Waals surface area contributed by atoms with Gasteiger partial charge in [-0.15, -0.1) is 10.2 Å². The normalized spacial score (nSPS) is 27.2. The van der Waals surface area contributed by atoms with Gasteiger partial charge in [-0.1, -0.05) is 0 Å². The third-order valence-electron chi connectivity index (χ3n) is 3.21. The molecule has 70 valence electrons. The molecule has 1 aromatic heterocycles. The number of nitrogens with zero attached hydrogens (tertiary/aromatic N) is 4. The van der Waals surface area contributed by atoms with Crippen LogP contribution in [0, 0.1) is 5.41 Å². The van der Waals surface area contributed by atoms with E-state index in [2.05, 4.69) is 40.7 Å². The zero-order chi connectivity index (χ0) is 8.89. The Balaban J connectivity index is 1.64. The summed E-state index contributed by atoms with van der Waals surface area (Å²) in [7, 11) is 0. The molecule has 2 fully saturated rings. The summed E-state index contributed by atoms with van der Waals surface area (Å²) in [5, 5.41) is 7.67. The van der Waals surface area contributed by atoms with Crippen molar-refractivity contribution in [1.29, 1.82) is 0 Å². The highest BCUT2D eigenvalue weighted by Gasteiger charge is 2.52. The quantitative estimate of drug-likeness (QED) is 0.577. The lowest BCUT2D eigenvalue weighted by Crippen LogP contribution is -2.58. The fraction of sp³-hybridized carbons (Fsp3) is 0.750. The van der Waals surface area contributed by atoms with E-state index in [0.717, 1.165) is 0 Å². The Bertz CT molecular complexity index is 296. The molecule has 3 rings (SSSR count). The number of hydrogen-bond donors (Lipinski definition) is 0. The zero-order valence-electron chi connectivity index (χ0n) is 7.23. The van der Waals surface area contributed by atoms with Crippen molar-refractivity contribution in [3.05, 3.63) is 12.7 Å². The first-order valence-corrected chi connectivity index (χ1v) is 5.49. The van der Waals surface area contributed by atoms with Gasteiger partial charge in [0.2, 0.25) is 0 Å². The summed E-state index contributed by atoms with van der Waals surface area (Å²) in [5.41, 5.74) is 0.649. The van der Waals surface area contributed by atoms with E-state index in [0.29, 0.717) is 11.5 Å². The van der Waals surface area contributed by atoms with Crippen molar-refractivity contribution in [2.75, 3.05) is 13.1 Å². The average Bonchev–Trinajstić information content (AvgIpc) is 2.45. The van der Waals surface area contributed by atoms with Crippen molar-refractivity contribution in [3.8, 4) is 0 Å². The van der Waals surface area contributed by atoms with E-state index in [1.807, 2.05) is 12.7 Å². The van der Waals surface area contributed by atoms with Crippen LogP contribution in [0.15, 0.2) is 12.7 Å². The maximum atomic E-state index is 3.83. The van der Waals surface area contributed by atoms with Crippen molar-refractivity contribution in [1.82, 2.24) is 17.9 Å². The lowest BCUT2D eigenvalue weighted by Gasteiger charge is -2.57. The van der Waals surface area contributed by atoms with Gasteiger partial charge in [0.05, 0.1) is 0 Å². The molecule has 1 aromatic rings. The second-order valence-corrected chi connectivity index (χ2v) is 5.61. The average molecular weight is 290 g/mol. The number of rotatable bonds is 1. The largest absolute Gasteiger partial charge is 0.317 e. The van der Waals surface area contributed by atoms with Gasteiger partial charge in [-0.3, -0.25) is 0 Å². The molecule has 0 unspecified atom stereocenters. The predicted octanol–water partition coefficient (Wildman–Crippen LogP) is 1.26. The van der Waals surface area contributed by atoms with Gasteiger partial charge in [-0.05, 0) is 12.8 Å². The monoisotopic (exact) mass is 290 g/mol. The van der Waals surface area contributed by atoms with Crippen LogP contribution in [0.4, 0.5) is 0 Å². The van der Waals surface area contributed by atoms with E-state index >= 15 is 0 Å². The third kappa shape index (κ3) is 1.20. The van der Waals surface area contributed by atoms with Crippen LogP contribution in [-0.4, -0.2) is 31.0 Å². The second-order valence-electron chi connectivity index (χ2n) is 4.25. The van der Waals surface area contributed by atoms with Gasteiger partial charge in [0.15, 0.2) is 0 Å². The van der Waals surface area contributed by atoms with Gasteiger partial charge in [0.25, 0.3) is 0 Å². The van der Waals surface area contributed by atoms with Crippen LogP contribution in [0.3, 0.4) is 0 Å². The first-order chi connectivity index (χ1) is 6.27. The zero-order valence-corrected chi connectivity index (χ0v) is 9.38. The molecule has 2 aliphatic rings. The standard InChI is InChI=1S/C8H11IN4/c9-13-3-8(4-13)1-7(2-8)12-5-10-11-6-12/h5-7H,1-4H2. The van der Waals surface area contributed by atoms with E-state index in [1.54, 1.807) is 0 Å². The summed E-state index contributed by atoms with van der Waals surface area (Å²) >= 11 is 2.40. The van der Waals surface area contributed by atoms with Crippen molar-refractivity contribution < 1.29 is 0 Å². The highest BCUT2D eigenvalue weighted by atomic mass is 127. The Kier molecular flexibility index (Phi) is 1.67. The molecule has 0 N–H and O–H groups in total. The summed E-state index contributed by atoms with van der Waals surface area (Å²) in [5.74, 6) is 0. The van der Waals surface area contributed by atoms with Crippen molar-refractivity contribution in [2.24, 2.45) is 5.41 Å². The van der Waals surface area contributed by atoms with Crippen LogP contribution in [0.1, 0.15) is 18.9 Å². The van der Waals surface area contributed by atoms with Gasteiger partial charge in [-0.2, -0.15) is 0 Å². The highest BCUT2D eigenvalue weighted by molar-refractivity contribution is 14.1. The fourth-order valence-electron chi connectivity index (χ4n) is 2.49. The molecule has 0 aromatic carbocycles. The molecule has 1 saturated heterocycles. The molecule has 1 aliphatic carbocycles. The van der Waals surface area contributed by atoms with E-state index in [-0.39, 0.29) is 0 Å². The number of hydrogen-bond acceptors (Lipinski definition) is 3. The van der Waals surface area contributed by atoms with Crippen molar-refractivity contribution >= 4 is 22.9 Å². The Labute approximate surface area is 90.8 Å². The molecule has 5 heteroatoms. The first kappa shape index (κ1) is 8.16. The fourth-order valence-corrected chi connectivity index (χ4v) is 3.94. The molecule has 4 nitrogen and oxygen atoms in total. The molecule has 0 radical (unpaired) electrons. The smallest absolute Gasteiger partial charge is 0.119 e. The van der Waals surface area contributed by atoms with Crippen LogP contribution >= 0.6 is 22.9 Å². The highest BCUT2D eigenvalue weighted by Crippen LogP contribution is 2.54. The molecule has 1 aliphatic heterocycles. The van der Waals surface area contributed by atoms with E-state index < -0.39 is 0 Å². The lowest BCUT2D eigenvalue weighted by molar-refractivity contribution is -0.0326. The third-order valence-corrected chi connectivity index (χ3v) is 3.89. The molecule has 0 atom stereocenters. The van der Waals surface area contributed by atoms with Gasteiger partial charge in [0, 0.05) is 47.4 Å². The van der Waals surface area contributed by atoms with E-state index in [9.17, 15) is 0 Å². The Morgan fingerprint density at radius 2 is 1.85 bits per heavy atom. The molecular formula is C8H11IN4. The summed E-state index contributed by atoms with van der Waals surface area (Å²) in [6, 6.07) is 0.667. The van der Waals surface area contributed by atoms with Gasteiger partial charge in [-0.25, -0.2) is 3.11 Å². The van der Waals surface area contributed by atoms with Gasteiger partial charge < -0.3 is 4.57 Å². The first-order valence-electron chi connectivity index (χ1n) is 4.52. The lowest BCUT2D eigenvalue weighted by atomic mass is 9.61. The van der Waals surface area contributed by atoms with Crippen LogP contribution in [0.5, 0.6) is 0 Å². The van der Waals surface area contributed by atoms with Crippen molar-refractivity contribution in [3.63, 3.8) is 0 Å². The topological polar surface area (TPSA) is 34.0 Å². The molecule has 1 spiro atoms. The van der Waals surface area contributed by atoms with Gasteiger partial charge >= 0.3 is 0 Å². The Morgan fingerprint density at radius 1 is 1.23 bits per heavy atom. The molecule has 1 saturated carbocycles. The van der Waals surface area contributed by atoms with Crippen LogP contribution in [-0.2, 0) is 0 Å². The van der Waals surface area contributed by atoms with Gasteiger partial charge in [0.1, 0.15) is 12.7 Å². The summed E-state index contributed by atoms with van der Waals surface area (Å²) in [6.45, 7) is 2.54. The van der Waals surface area contributed by atoms with Crippen molar-refractivity contribution in [2.45, 2.75) is 18.9 Å². The summed E-state index contributed by atoms with van der Waals surface area (Å²) in [4.78, 5) is 0. The Hall–Kier alpha value is -0.170. The SMILES string of the molecule is IN1CC2(CC(n3cnnc3)C2)C1. The number of aromatic nitrogens is 3. The number of halogens is 1. The minimum Gasteiger partial charge on any atom is -0.317 e. The summed E-state index contributed by atoms with van der Waals surface area (Å²) < 4.78 is 4.50. The maximum Gasteiger partial charge on any atom is 0.119 e.